The Morgan fingerprint density at radius 3 is 2.42 bits per heavy atom. The second-order valence-corrected chi connectivity index (χ2v) is 7.35. The van der Waals surface area contributed by atoms with Crippen molar-refractivity contribution in [3.05, 3.63) is 69.5 Å². The lowest BCUT2D eigenvalue weighted by molar-refractivity contribution is 1.13. The lowest BCUT2D eigenvalue weighted by atomic mass is 10.1. The Hall–Kier alpha value is -2.90. The zero-order valence-corrected chi connectivity index (χ0v) is 16.3. The van der Waals surface area contributed by atoms with E-state index in [1.807, 2.05) is 49.8 Å². The molecule has 0 spiro atoms. The van der Waals surface area contributed by atoms with Crippen molar-refractivity contribution >= 4 is 28.7 Å². The molecular formula is C22H21N3S. The zero-order valence-electron chi connectivity index (χ0n) is 15.4. The lowest BCUT2D eigenvalue weighted by Crippen LogP contribution is -2.07. The first-order valence-corrected chi connectivity index (χ1v) is 9.28. The number of benzene rings is 2. The van der Waals surface area contributed by atoms with Gasteiger partial charge in [0.2, 0.25) is 0 Å². The molecule has 0 saturated carbocycles. The molecule has 0 unspecified atom stereocenters. The van der Waals surface area contributed by atoms with Crippen LogP contribution in [0.4, 0.5) is 5.69 Å². The summed E-state index contributed by atoms with van der Waals surface area (Å²) in [4.78, 5) is 6.73. The van der Waals surface area contributed by atoms with Crippen molar-refractivity contribution in [2.45, 2.75) is 13.8 Å². The summed E-state index contributed by atoms with van der Waals surface area (Å²) in [6, 6.07) is 16.7. The lowest BCUT2D eigenvalue weighted by Gasteiger charge is -2.11. The number of hydrogen-bond donors (Lipinski definition) is 0. The number of nitrogens with zero attached hydrogens (tertiary/aromatic N) is 3. The van der Waals surface area contributed by atoms with E-state index in [2.05, 4.69) is 48.0 Å². The van der Waals surface area contributed by atoms with Gasteiger partial charge in [-0.25, -0.2) is 4.98 Å². The maximum atomic E-state index is 9.58. The molecule has 0 amide bonds. The van der Waals surface area contributed by atoms with Gasteiger partial charge in [-0.1, -0.05) is 24.3 Å². The Morgan fingerprint density at radius 2 is 1.81 bits per heavy atom. The molecule has 0 aliphatic heterocycles. The highest BCUT2D eigenvalue weighted by molar-refractivity contribution is 7.11. The highest BCUT2D eigenvalue weighted by Crippen LogP contribution is 2.28. The molecule has 0 radical (unpaired) electrons. The molecule has 1 aromatic heterocycles. The van der Waals surface area contributed by atoms with Gasteiger partial charge in [-0.3, -0.25) is 0 Å². The van der Waals surface area contributed by atoms with E-state index in [1.54, 1.807) is 0 Å². The van der Waals surface area contributed by atoms with Crippen molar-refractivity contribution < 1.29 is 0 Å². The maximum Gasteiger partial charge on any atom is 0.134 e. The Labute approximate surface area is 158 Å². The summed E-state index contributed by atoms with van der Waals surface area (Å²) in [5, 5.41) is 12.3. The summed E-state index contributed by atoms with van der Waals surface area (Å²) >= 11 is 1.50. The minimum atomic E-state index is 0.586. The van der Waals surface area contributed by atoms with E-state index < -0.39 is 0 Å². The predicted octanol–water partition coefficient (Wildman–Crippen LogP) is 5.56. The van der Waals surface area contributed by atoms with E-state index >= 15 is 0 Å². The molecule has 3 nitrogen and oxygen atoms in total. The molecule has 0 fully saturated rings. The number of rotatable bonds is 4. The first kappa shape index (κ1) is 17.9. The molecule has 0 aliphatic rings. The molecule has 2 aromatic carbocycles. The number of allylic oxidation sites excluding steroid dienone is 1. The van der Waals surface area contributed by atoms with Crippen LogP contribution in [0.1, 0.15) is 21.7 Å². The summed E-state index contributed by atoms with van der Waals surface area (Å²) in [5.74, 6) is 0. The quantitative estimate of drug-likeness (QED) is 0.573. The average Bonchev–Trinajstić information content (AvgIpc) is 3.12. The number of thiazole rings is 1. The van der Waals surface area contributed by atoms with E-state index in [9.17, 15) is 5.26 Å². The van der Waals surface area contributed by atoms with Crippen LogP contribution in [0.25, 0.3) is 22.9 Å². The Morgan fingerprint density at radius 1 is 1.08 bits per heavy atom. The summed E-state index contributed by atoms with van der Waals surface area (Å²) in [7, 11) is 4.02. The number of nitriles is 1. The van der Waals surface area contributed by atoms with Crippen LogP contribution in [0.2, 0.25) is 0 Å². The number of aromatic nitrogens is 1. The van der Waals surface area contributed by atoms with Crippen LogP contribution in [0.15, 0.2) is 47.8 Å². The maximum absolute atomic E-state index is 9.58. The number of hydrogen-bond acceptors (Lipinski definition) is 4. The van der Waals surface area contributed by atoms with E-state index in [1.165, 1.54) is 22.5 Å². The van der Waals surface area contributed by atoms with E-state index in [0.717, 1.165) is 27.5 Å². The van der Waals surface area contributed by atoms with Crippen molar-refractivity contribution in [3.8, 4) is 17.3 Å². The van der Waals surface area contributed by atoms with Gasteiger partial charge in [-0.15, -0.1) is 11.3 Å². The summed E-state index contributed by atoms with van der Waals surface area (Å²) in [5.41, 5.74) is 7.22. The molecule has 3 rings (SSSR count). The summed E-state index contributed by atoms with van der Waals surface area (Å²) in [6.45, 7) is 4.20. The average molecular weight is 359 g/mol. The standard InChI is InChI=1S/C22H21N3S/c1-15-5-8-18(11-16(15)2)21-14-26-22(24-21)19(13-23)12-17-6-9-20(10-7-17)25(3)4/h5-12,14H,1-4H3/b19-12-. The smallest absolute Gasteiger partial charge is 0.134 e. The molecule has 0 bridgehead atoms. The molecule has 26 heavy (non-hydrogen) atoms. The van der Waals surface area contributed by atoms with Crippen molar-refractivity contribution in [3.63, 3.8) is 0 Å². The molecular weight excluding hydrogens is 338 g/mol. The van der Waals surface area contributed by atoms with Crippen molar-refractivity contribution in [2.24, 2.45) is 0 Å². The van der Waals surface area contributed by atoms with Gasteiger partial charge >= 0.3 is 0 Å². The van der Waals surface area contributed by atoms with Gasteiger partial charge in [0.1, 0.15) is 11.1 Å². The van der Waals surface area contributed by atoms with Crippen LogP contribution < -0.4 is 4.90 Å². The van der Waals surface area contributed by atoms with Crippen LogP contribution in [-0.4, -0.2) is 19.1 Å². The van der Waals surface area contributed by atoms with Gasteiger partial charge in [0, 0.05) is 30.7 Å². The van der Waals surface area contributed by atoms with Gasteiger partial charge in [-0.05, 0) is 54.8 Å². The van der Waals surface area contributed by atoms with Crippen molar-refractivity contribution in [2.75, 3.05) is 19.0 Å². The highest BCUT2D eigenvalue weighted by atomic mass is 32.1. The summed E-state index contributed by atoms with van der Waals surface area (Å²) < 4.78 is 0. The van der Waals surface area contributed by atoms with E-state index in [0.29, 0.717) is 5.57 Å². The second-order valence-electron chi connectivity index (χ2n) is 6.49. The van der Waals surface area contributed by atoms with Gasteiger partial charge in [0.05, 0.1) is 11.3 Å². The molecule has 0 N–H and O–H groups in total. The third kappa shape index (κ3) is 3.84. The van der Waals surface area contributed by atoms with Crippen LogP contribution in [0, 0.1) is 25.2 Å². The molecule has 0 saturated heterocycles. The van der Waals surface area contributed by atoms with Crippen LogP contribution in [0.5, 0.6) is 0 Å². The number of anilines is 1. The Bertz CT molecular complexity index is 989. The van der Waals surface area contributed by atoms with Crippen molar-refractivity contribution in [1.29, 1.82) is 5.26 Å². The fraction of sp³-hybridized carbons (Fsp3) is 0.182. The molecule has 4 heteroatoms. The third-order valence-electron chi connectivity index (χ3n) is 4.38. The first-order chi connectivity index (χ1) is 12.5. The highest BCUT2D eigenvalue weighted by Gasteiger charge is 2.10. The molecule has 0 atom stereocenters. The van der Waals surface area contributed by atoms with Crippen molar-refractivity contribution in [1.82, 2.24) is 4.98 Å². The topological polar surface area (TPSA) is 39.9 Å². The fourth-order valence-electron chi connectivity index (χ4n) is 2.61. The fourth-order valence-corrected chi connectivity index (χ4v) is 3.40. The SMILES string of the molecule is Cc1ccc(-c2csc(/C(C#N)=C\c3ccc(N(C)C)cc3)n2)cc1C. The monoisotopic (exact) mass is 359 g/mol. The minimum Gasteiger partial charge on any atom is -0.378 e. The van der Waals surface area contributed by atoms with Gasteiger partial charge in [0.15, 0.2) is 0 Å². The number of aryl methyl sites for hydroxylation is 2. The van der Waals surface area contributed by atoms with Crippen LogP contribution >= 0.6 is 11.3 Å². The summed E-state index contributed by atoms with van der Waals surface area (Å²) in [6.07, 6.45) is 1.89. The molecule has 130 valence electrons. The van der Waals surface area contributed by atoms with Crippen LogP contribution in [0.3, 0.4) is 0 Å². The second kappa shape index (κ2) is 7.55. The molecule has 0 aliphatic carbocycles. The zero-order chi connectivity index (χ0) is 18.7. The first-order valence-electron chi connectivity index (χ1n) is 8.40. The molecule has 1 heterocycles. The van der Waals surface area contributed by atoms with Gasteiger partial charge in [0.25, 0.3) is 0 Å². The third-order valence-corrected chi connectivity index (χ3v) is 5.25. The van der Waals surface area contributed by atoms with Gasteiger partial charge in [-0.2, -0.15) is 5.26 Å². The minimum absolute atomic E-state index is 0.586. The van der Waals surface area contributed by atoms with Crippen LogP contribution in [-0.2, 0) is 0 Å². The Balaban J connectivity index is 1.90. The normalized spacial score (nSPS) is 11.3. The van der Waals surface area contributed by atoms with E-state index in [4.69, 9.17) is 0 Å². The largest absolute Gasteiger partial charge is 0.378 e. The Kier molecular flexibility index (Phi) is 5.20. The van der Waals surface area contributed by atoms with Gasteiger partial charge < -0.3 is 4.90 Å². The van der Waals surface area contributed by atoms with E-state index in [-0.39, 0.29) is 0 Å². The predicted molar refractivity (Wildman–Crippen MR) is 111 cm³/mol. The molecule has 3 aromatic rings.